The first-order chi connectivity index (χ1) is 8.47. The number of carbonyl (C=O) groups is 3. The molecule has 1 heterocycles. The Labute approximate surface area is 104 Å². The Morgan fingerprint density at radius 1 is 1.56 bits per heavy atom. The van der Waals surface area contributed by atoms with Crippen molar-refractivity contribution in [2.24, 2.45) is 5.73 Å². The summed E-state index contributed by atoms with van der Waals surface area (Å²) in [7, 11) is 1.24. The first-order valence-corrected chi connectivity index (χ1v) is 5.56. The summed E-state index contributed by atoms with van der Waals surface area (Å²) in [6, 6.07) is -1.12. The number of hydrogen-bond donors (Lipinski definition) is 3. The number of nitrogens with two attached hydrogens (primary N) is 1. The van der Waals surface area contributed by atoms with Crippen molar-refractivity contribution in [3.05, 3.63) is 0 Å². The van der Waals surface area contributed by atoms with Crippen LogP contribution in [0.4, 0.5) is 4.79 Å². The summed E-state index contributed by atoms with van der Waals surface area (Å²) in [4.78, 5) is 34.9. The SMILES string of the molecule is COC(CNC(=O)N1CCCC1C(N)=O)C(=O)O. The fraction of sp³-hybridized carbons (Fsp3) is 0.700. The maximum atomic E-state index is 11.8. The molecule has 1 fully saturated rings. The number of carboxylic acid groups (broad SMARTS) is 1. The first kappa shape index (κ1) is 14.2. The molecule has 8 heteroatoms. The quantitative estimate of drug-likeness (QED) is 0.569. The molecule has 0 aromatic carbocycles. The molecule has 3 amide bonds. The minimum atomic E-state index is -1.16. The topological polar surface area (TPSA) is 122 Å². The molecule has 0 radical (unpaired) electrons. The van der Waals surface area contributed by atoms with Gasteiger partial charge in [0.15, 0.2) is 6.10 Å². The van der Waals surface area contributed by atoms with Crippen LogP contribution in [0.25, 0.3) is 0 Å². The second-order valence-electron chi connectivity index (χ2n) is 4.00. The number of likely N-dealkylation sites (tertiary alicyclic amines) is 1. The van der Waals surface area contributed by atoms with Crippen molar-refractivity contribution in [3.8, 4) is 0 Å². The Morgan fingerprint density at radius 2 is 2.22 bits per heavy atom. The minimum absolute atomic E-state index is 0.160. The van der Waals surface area contributed by atoms with Gasteiger partial charge < -0.3 is 25.8 Å². The molecule has 2 atom stereocenters. The highest BCUT2D eigenvalue weighted by Crippen LogP contribution is 2.16. The number of carboxylic acids is 1. The molecule has 18 heavy (non-hydrogen) atoms. The molecule has 1 aliphatic heterocycles. The molecule has 0 bridgehead atoms. The molecule has 4 N–H and O–H groups in total. The van der Waals surface area contributed by atoms with Crippen LogP contribution in [0.15, 0.2) is 0 Å². The number of carbonyl (C=O) groups excluding carboxylic acids is 2. The molecule has 0 aliphatic carbocycles. The number of aliphatic carboxylic acids is 1. The number of primary amides is 1. The summed E-state index contributed by atoms with van der Waals surface area (Å²) < 4.78 is 4.67. The highest BCUT2D eigenvalue weighted by Gasteiger charge is 2.33. The second kappa shape index (κ2) is 6.20. The third-order valence-corrected chi connectivity index (χ3v) is 2.84. The van der Waals surface area contributed by atoms with Gasteiger partial charge >= 0.3 is 12.0 Å². The number of nitrogens with one attached hydrogen (secondary N) is 1. The van der Waals surface area contributed by atoms with Gasteiger partial charge in [-0.25, -0.2) is 9.59 Å². The van der Waals surface area contributed by atoms with Gasteiger partial charge in [0.1, 0.15) is 6.04 Å². The third-order valence-electron chi connectivity index (χ3n) is 2.84. The van der Waals surface area contributed by atoms with Gasteiger partial charge in [-0.2, -0.15) is 0 Å². The zero-order chi connectivity index (χ0) is 13.7. The van der Waals surface area contributed by atoms with E-state index in [4.69, 9.17) is 10.8 Å². The normalized spacial score (nSPS) is 20.5. The Bertz CT molecular complexity index is 346. The van der Waals surface area contributed by atoms with Crippen LogP contribution in [-0.2, 0) is 14.3 Å². The monoisotopic (exact) mass is 259 g/mol. The van der Waals surface area contributed by atoms with Gasteiger partial charge in [0.2, 0.25) is 5.91 Å². The van der Waals surface area contributed by atoms with Gasteiger partial charge in [-0.3, -0.25) is 4.79 Å². The summed E-state index contributed by atoms with van der Waals surface area (Å²) in [5.41, 5.74) is 5.18. The Morgan fingerprint density at radius 3 is 2.72 bits per heavy atom. The third kappa shape index (κ3) is 3.33. The van der Waals surface area contributed by atoms with Crippen LogP contribution in [0.1, 0.15) is 12.8 Å². The van der Waals surface area contributed by atoms with Crippen molar-refractivity contribution in [1.82, 2.24) is 10.2 Å². The second-order valence-corrected chi connectivity index (χ2v) is 4.00. The molecular formula is C10H17N3O5. The minimum Gasteiger partial charge on any atom is -0.479 e. The lowest BCUT2D eigenvalue weighted by Gasteiger charge is -2.23. The molecular weight excluding hydrogens is 242 g/mol. The number of ether oxygens (including phenoxy) is 1. The molecule has 102 valence electrons. The van der Waals surface area contributed by atoms with Crippen molar-refractivity contribution in [3.63, 3.8) is 0 Å². The van der Waals surface area contributed by atoms with E-state index in [1.54, 1.807) is 0 Å². The van der Waals surface area contributed by atoms with Crippen LogP contribution < -0.4 is 11.1 Å². The van der Waals surface area contributed by atoms with E-state index >= 15 is 0 Å². The van der Waals surface area contributed by atoms with Crippen molar-refractivity contribution in [2.45, 2.75) is 25.0 Å². The van der Waals surface area contributed by atoms with Crippen LogP contribution >= 0.6 is 0 Å². The highest BCUT2D eigenvalue weighted by atomic mass is 16.5. The molecule has 1 saturated heterocycles. The lowest BCUT2D eigenvalue weighted by molar-refractivity contribution is -0.148. The maximum Gasteiger partial charge on any atom is 0.334 e. The number of methoxy groups -OCH3 is 1. The molecule has 0 saturated carbocycles. The Balaban J connectivity index is 2.50. The van der Waals surface area contributed by atoms with E-state index in [1.807, 2.05) is 0 Å². The molecule has 0 aromatic rings. The fourth-order valence-corrected chi connectivity index (χ4v) is 1.86. The van der Waals surface area contributed by atoms with Gasteiger partial charge in [-0.05, 0) is 12.8 Å². The van der Waals surface area contributed by atoms with Crippen LogP contribution in [0.3, 0.4) is 0 Å². The lowest BCUT2D eigenvalue weighted by Crippen LogP contribution is -2.50. The van der Waals surface area contributed by atoms with E-state index in [2.05, 4.69) is 10.1 Å². The standard InChI is InChI=1S/C10H17N3O5/c1-18-7(9(15)16)5-12-10(17)13-4-2-3-6(13)8(11)14/h6-7H,2-5H2,1H3,(H2,11,14)(H,12,17)(H,15,16). The zero-order valence-electron chi connectivity index (χ0n) is 10.1. The number of hydrogen-bond acceptors (Lipinski definition) is 4. The Kier molecular flexibility index (Phi) is 4.90. The number of nitrogens with zero attached hydrogens (tertiary/aromatic N) is 1. The number of rotatable bonds is 5. The fourth-order valence-electron chi connectivity index (χ4n) is 1.86. The summed E-state index contributed by atoms with van der Waals surface area (Å²) in [5.74, 6) is -1.71. The van der Waals surface area contributed by atoms with Gasteiger partial charge in [0.05, 0.1) is 6.54 Å². The van der Waals surface area contributed by atoms with Crippen LogP contribution in [-0.4, -0.2) is 60.3 Å². The smallest absolute Gasteiger partial charge is 0.334 e. The molecule has 0 spiro atoms. The van der Waals surface area contributed by atoms with E-state index in [0.29, 0.717) is 19.4 Å². The summed E-state index contributed by atoms with van der Waals surface area (Å²) in [6.07, 6.45) is 0.131. The summed E-state index contributed by atoms with van der Waals surface area (Å²) in [6.45, 7) is 0.275. The predicted molar refractivity (Wildman–Crippen MR) is 60.8 cm³/mol. The molecule has 2 unspecified atom stereocenters. The van der Waals surface area contributed by atoms with Gasteiger partial charge in [-0.1, -0.05) is 0 Å². The largest absolute Gasteiger partial charge is 0.479 e. The van der Waals surface area contributed by atoms with Crippen molar-refractivity contribution >= 4 is 17.9 Å². The van der Waals surface area contributed by atoms with E-state index in [0.717, 1.165) is 0 Å². The van der Waals surface area contributed by atoms with Crippen LogP contribution in [0.2, 0.25) is 0 Å². The molecule has 1 aliphatic rings. The van der Waals surface area contributed by atoms with Crippen molar-refractivity contribution in [1.29, 1.82) is 0 Å². The first-order valence-electron chi connectivity index (χ1n) is 5.56. The average Bonchev–Trinajstić information content (AvgIpc) is 2.78. The van der Waals surface area contributed by atoms with E-state index in [-0.39, 0.29) is 6.54 Å². The van der Waals surface area contributed by atoms with Gasteiger partial charge in [0.25, 0.3) is 0 Å². The average molecular weight is 259 g/mol. The van der Waals surface area contributed by atoms with Crippen LogP contribution in [0, 0.1) is 0 Å². The lowest BCUT2D eigenvalue weighted by atomic mass is 10.2. The van der Waals surface area contributed by atoms with Gasteiger partial charge in [0, 0.05) is 13.7 Å². The van der Waals surface area contributed by atoms with Crippen molar-refractivity contribution in [2.75, 3.05) is 20.2 Å². The van der Waals surface area contributed by atoms with E-state index < -0.39 is 30.1 Å². The maximum absolute atomic E-state index is 11.8. The number of amides is 3. The van der Waals surface area contributed by atoms with Crippen molar-refractivity contribution < 1.29 is 24.2 Å². The van der Waals surface area contributed by atoms with Crippen LogP contribution in [0.5, 0.6) is 0 Å². The zero-order valence-corrected chi connectivity index (χ0v) is 10.1. The molecule has 0 aromatic heterocycles. The molecule has 8 nitrogen and oxygen atoms in total. The summed E-state index contributed by atoms with van der Waals surface area (Å²) in [5, 5.41) is 11.1. The number of urea groups is 1. The van der Waals surface area contributed by atoms with Gasteiger partial charge in [-0.15, -0.1) is 0 Å². The predicted octanol–water partition coefficient (Wildman–Crippen LogP) is -1.25. The van der Waals surface area contributed by atoms with E-state index in [9.17, 15) is 14.4 Å². The van der Waals surface area contributed by atoms with E-state index in [1.165, 1.54) is 12.0 Å². The molecule has 1 rings (SSSR count). The highest BCUT2D eigenvalue weighted by molar-refractivity contribution is 5.86. The summed E-state index contributed by atoms with van der Waals surface area (Å²) >= 11 is 0. The Hall–Kier alpha value is -1.83.